The lowest BCUT2D eigenvalue weighted by atomic mass is 9.79. The number of fused-ring (bicyclic) bond motifs is 8. The molecule has 0 heterocycles. The minimum Gasteiger partial charge on any atom is -0.0651 e. The van der Waals surface area contributed by atoms with Gasteiger partial charge in [0.25, 0.3) is 0 Å². The van der Waals surface area contributed by atoms with Crippen LogP contribution in [0.4, 0.5) is 0 Å². The van der Waals surface area contributed by atoms with Gasteiger partial charge in [-0.2, -0.15) is 0 Å². The Kier molecular flexibility index (Phi) is 3.28. The number of hydrogen-bond donors (Lipinski definition) is 0. The van der Waals surface area contributed by atoms with E-state index < -0.39 is 0 Å². The minimum atomic E-state index is 0.0268. The van der Waals surface area contributed by atoms with Gasteiger partial charge >= 0.3 is 0 Å². The SMILES string of the molecule is CCCc1ccc2c(c1)-c1c(c3ccccc3c3ccccc13)C2(C)C. The Hall–Kier alpha value is -2.60. The van der Waals surface area contributed by atoms with E-state index in [1.807, 2.05) is 0 Å². The monoisotopic (exact) mass is 336 g/mol. The fraction of sp³-hybridized carbons (Fsp3) is 0.231. The van der Waals surface area contributed by atoms with Gasteiger partial charge in [-0.05, 0) is 55.8 Å². The molecule has 0 nitrogen and oxygen atoms in total. The Morgan fingerprint density at radius 3 is 2.04 bits per heavy atom. The maximum absolute atomic E-state index is 2.45. The van der Waals surface area contributed by atoms with E-state index in [0.29, 0.717) is 0 Å². The first-order valence-corrected chi connectivity index (χ1v) is 9.70. The van der Waals surface area contributed by atoms with Crippen LogP contribution < -0.4 is 0 Å². The molecule has 0 heteroatoms. The molecular weight excluding hydrogens is 312 g/mol. The van der Waals surface area contributed by atoms with Gasteiger partial charge in [0.1, 0.15) is 0 Å². The topological polar surface area (TPSA) is 0 Å². The van der Waals surface area contributed by atoms with Crippen molar-refractivity contribution in [2.24, 2.45) is 0 Å². The highest BCUT2D eigenvalue weighted by atomic mass is 14.4. The van der Waals surface area contributed by atoms with Gasteiger partial charge < -0.3 is 0 Å². The van der Waals surface area contributed by atoms with Crippen molar-refractivity contribution in [2.45, 2.75) is 39.0 Å². The molecule has 0 bridgehead atoms. The first kappa shape index (κ1) is 15.6. The normalized spacial score (nSPS) is 14.6. The second kappa shape index (κ2) is 5.45. The van der Waals surface area contributed by atoms with Crippen LogP contribution in [0, 0.1) is 0 Å². The van der Waals surface area contributed by atoms with E-state index in [9.17, 15) is 0 Å². The Labute approximate surface area is 155 Å². The zero-order valence-electron chi connectivity index (χ0n) is 15.8. The molecule has 4 aromatic rings. The summed E-state index contributed by atoms with van der Waals surface area (Å²) in [6, 6.07) is 25.0. The van der Waals surface area contributed by atoms with E-state index >= 15 is 0 Å². The summed E-state index contributed by atoms with van der Waals surface area (Å²) in [6.45, 7) is 7.03. The summed E-state index contributed by atoms with van der Waals surface area (Å²) in [4.78, 5) is 0. The number of benzene rings is 4. The second-order valence-corrected chi connectivity index (χ2v) is 8.10. The molecule has 0 unspecified atom stereocenters. The van der Waals surface area contributed by atoms with E-state index in [4.69, 9.17) is 0 Å². The van der Waals surface area contributed by atoms with Gasteiger partial charge in [0.05, 0.1) is 0 Å². The summed E-state index contributed by atoms with van der Waals surface area (Å²) in [5.74, 6) is 0. The van der Waals surface area contributed by atoms with Crippen molar-refractivity contribution in [3.05, 3.63) is 83.4 Å². The highest BCUT2D eigenvalue weighted by Crippen LogP contribution is 2.54. The van der Waals surface area contributed by atoms with Crippen LogP contribution in [0.15, 0.2) is 66.7 Å². The Bertz CT molecular complexity index is 1160. The summed E-state index contributed by atoms with van der Waals surface area (Å²) < 4.78 is 0. The third-order valence-electron chi connectivity index (χ3n) is 6.12. The summed E-state index contributed by atoms with van der Waals surface area (Å²) in [7, 11) is 0. The van der Waals surface area contributed by atoms with Crippen LogP contribution in [0.25, 0.3) is 32.7 Å². The molecule has 0 N–H and O–H groups in total. The average Bonchev–Trinajstić information content (AvgIpc) is 2.90. The molecule has 0 radical (unpaired) electrons. The number of hydrogen-bond acceptors (Lipinski definition) is 0. The lowest BCUT2D eigenvalue weighted by Gasteiger charge is -2.24. The van der Waals surface area contributed by atoms with Gasteiger partial charge in [-0.3, -0.25) is 0 Å². The van der Waals surface area contributed by atoms with Crippen LogP contribution in [-0.4, -0.2) is 0 Å². The van der Waals surface area contributed by atoms with Gasteiger partial charge in [-0.15, -0.1) is 0 Å². The summed E-state index contributed by atoms with van der Waals surface area (Å²) in [5.41, 5.74) is 7.34. The summed E-state index contributed by atoms with van der Waals surface area (Å²) in [6.07, 6.45) is 2.34. The molecule has 0 saturated heterocycles. The quantitative estimate of drug-likeness (QED) is 0.338. The molecule has 0 saturated carbocycles. The van der Waals surface area contributed by atoms with Crippen molar-refractivity contribution in [1.29, 1.82) is 0 Å². The molecule has 128 valence electrons. The van der Waals surface area contributed by atoms with Gasteiger partial charge in [0.15, 0.2) is 0 Å². The standard InChI is InChI=1S/C26H24/c1-4-9-17-14-15-23-22(16-17)24-20-12-7-5-10-18(20)19-11-6-8-13-21(19)25(24)26(23,2)3/h5-8,10-16H,4,9H2,1-3H3. The van der Waals surface area contributed by atoms with Gasteiger partial charge in [-0.1, -0.05) is 93.9 Å². The van der Waals surface area contributed by atoms with E-state index in [2.05, 4.69) is 87.5 Å². The maximum Gasteiger partial charge on any atom is 0.0165 e. The Morgan fingerprint density at radius 1 is 0.731 bits per heavy atom. The van der Waals surface area contributed by atoms with Gasteiger partial charge in [-0.25, -0.2) is 0 Å². The van der Waals surface area contributed by atoms with Crippen molar-refractivity contribution < 1.29 is 0 Å². The van der Waals surface area contributed by atoms with Crippen molar-refractivity contribution in [2.75, 3.05) is 0 Å². The van der Waals surface area contributed by atoms with E-state index in [1.165, 1.54) is 55.8 Å². The highest BCUT2D eigenvalue weighted by Gasteiger charge is 2.38. The zero-order valence-corrected chi connectivity index (χ0v) is 15.8. The van der Waals surface area contributed by atoms with E-state index in [1.54, 1.807) is 0 Å². The third kappa shape index (κ3) is 1.96. The van der Waals surface area contributed by atoms with Crippen molar-refractivity contribution in [1.82, 2.24) is 0 Å². The molecule has 0 atom stereocenters. The zero-order chi connectivity index (χ0) is 17.9. The van der Waals surface area contributed by atoms with E-state index in [0.717, 1.165) is 6.42 Å². The predicted octanol–water partition coefficient (Wildman–Crippen LogP) is 7.25. The molecule has 0 aliphatic heterocycles. The Morgan fingerprint density at radius 2 is 1.35 bits per heavy atom. The largest absolute Gasteiger partial charge is 0.0651 e. The fourth-order valence-corrected chi connectivity index (χ4v) is 4.99. The third-order valence-corrected chi connectivity index (χ3v) is 6.12. The first-order valence-electron chi connectivity index (χ1n) is 9.70. The van der Waals surface area contributed by atoms with Crippen molar-refractivity contribution in [3.63, 3.8) is 0 Å². The van der Waals surface area contributed by atoms with Crippen LogP contribution in [0.5, 0.6) is 0 Å². The minimum absolute atomic E-state index is 0.0268. The number of aryl methyl sites for hydroxylation is 1. The first-order chi connectivity index (χ1) is 12.6. The molecule has 0 aromatic heterocycles. The molecule has 26 heavy (non-hydrogen) atoms. The molecular formula is C26H24. The van der Waals surface area contributed by atoms with Crippen molar-refractivity contribution >= 4 is 21.5 Å². The van der Waals surface area contributed by atoms with E-state index in [-0.39, 0.29) is 5.41 Å². The predicted molar refractivity (Wildman–Crippen MR) is 113 cm³/mol. The maximum atomic E-state index is 2.45. The van der Waals surface area contributed by atoms with Crippen LogP contribution in [0.1, 0.15) is 43.9 Å². The van der Waals surface area contributed by atoms with Crippen LogP contribution in [-0.2, 0) is 11.8 Å². The van der Waals surface area contributed by atoms with Crippen molar-refractivity contribution in [3.8, 4) is 11.1 Å². The van der Waals surface area contributed by atoms with Crippen LogP contribution in [0.3, 0.4) is 0 Å². The molecule has 0 fully saturated rings. The fourth-order valence-electron chi connectivity index (χ4n) is 4.99. The summed E-state index contributed by atoms with van der Waals surface area (Å²) in [5, 5.41) is 5.53. The molecule has 5 rings (SSSR count). The second-order valence-electron chi connectivity index (χ2n) is 8.10. The number of rotatable bonds is 2. The van der Waals surface area contributed by atoms with Gasteiger partial charge in [0, 0.05) is 5.41 Å². The Balaban J connectivity index is 2.00. The molecule has 1 aliphatic rings. The lowest BCUT2D eigenvalue weighted by Crippen LogP contribution is -2.15. The average molecular weight is 336 g/mol. The summed E-state index contributed by atoms with van der Waals surface area (Å²) >= 11 is 0. The molecule has 1 aliphatic carbocycles. The highest BCUT2D eigenvalue weighted by molar-refractivity contribution is 6.18. The smallest absolute Gasteiger partial charge is 0.0165 e. The van der Waals surface area contributed by atoms with Crippen LogP contribution >= 0.6 is 0 Å². The molecule has 0 spiro atoms. The lowest BCUT2D eigenvalue weighted by molar-refractivity contribution is 0.666. The van der Waals surface area contributed by atoms with Crippen LogP contribution in [0.2, 0.25) is 0 Å². The molecule has 4 aromatic carbocycles. The molecule has 0 amide bonds. The van der Waals surface area contributed by atoms with Gasteiger partial charge in [0.2, 0.25) is 0 Å².